The first kappa shape index (κ1) is 29.4. The number of halogens is 12. The molecule has 0 unspecified atom stereocenters. The summed E-state index contributed by atoms with van der Waals surface area (Å²) in [5, 5.41) is 19.6. The lowest BCUT2D eigenvalue weighted by Crippen LogP contribution is -2.63. The van der Waals surface area contributed by atoms with Crippen LogP contribution in [0.25, 0.3) is 11.1 Å². The van der Waals surface area contributed by atoms with Gasteiger partial charge in [0.1, 0.15) is 0 Å². The van der Waals surface area contributed by atoms with Crippen molar-refractivity contribution in [2.45, 2.75) is 49.9 Å². The molecule has 0 aromatic heterocycles. The van der Waals surface area contributed by atoms with Gasteiger partial charge in [-0.2, -0.15) is 52.7 Å². The van der Waals surface area contributed by atoms with Gasteiger partial charge in [0, 0.05) is 16.9 Å². The van der Waals surface area contributed by atoms with Crippen LogP contribution in [0.1, 0.15) is 16.7 Å². The van der Waals surface area contributed by atoms with Gasteiger partial charge in [0.2, 0.25) is 0 Å². The molecule has 0 amide bonds. The molecule has 0 fully saturated rings. The van der Waals surface area contributed by atoms with E-state index in [1.807, 2.05) is 0 Å². The van der Waals surface area contributed by atoms with Crippen LogP contribution in [0.2, 0.25) is 0 Å². The van der Waals surface area contributed by atoms with Gasteiger partial charge in [-0.1, -0.05) is 12.1 Å². The van der Waals surface area contributed by atoms with Crippen LogP contribution < -0.4 is 11.1 Å². The van der Waals surface area contributed by atoms with E-state index in [0.717, 1.165) is 6.07 Å². The Morgan fingerprint density at radius 1 is 0.667 bits per heavy atom. The van der Waals surface area contributed by atoms with Crippen LogP contribution >= 0.6 is 0 Å². The van der Waals surface area contributed by atoms with Gasteiger partial charge >= 0.3 is 30.4 Å². The topological polar surface area (TPSA) is 78.5 Å². The molecule has 0 atom stereocenters. The van der Waals surface area contributed by atoms with Crippen molar-refractivity contribution in [3.8, 4) is 11.1 Å². The van der Waals surface area contributed by atoms with Crippen LogP contribution in [0.4, 0.5) is 64.1 Å². The third-order valence-corrected chi connectivity index (χ3v) is 5.32. The normalized spacial score (nSPS) is 14.2. The Morgan fingerprint density at radius 2 is 1.11 bits per heavy atom. The van der Waals surface area contributed by atoms with E-state index >= 15 is 0 Å². The first-order valence-electron chi connectivity index (χ1n) is 9.40. The van der Waals surface area contributed by atoms with Crippen molar-refractivity contribution >= 4 is 11.4 Å². The Balaban J connectivity index is 3.06. The molecular formula is C20H16F12N2O2. The Hall–Kier alpha value is -2.88. The maximum Gasteiger partial charge on any atom is 0.446 e. The Kier molecular flexibility index (Phi) is 7.02. The highest BCUT2D eigenvalue weighted by Gasteiger charge is 2.74. The number of nitrogens with two attached hydrogens (primary N) is 1. The maximum absolute atomic E-state index is 13.7. The molecule has 16 heteroatoms. The predicted molar refractivity (Wildman–Crippen MR) is 102 cm³/mol. The van der Waals surface area contributed by atoms with Crippen molar-refractivity contribution in [2.24, 2.45) is 0 Å². The summed E-state index contributed by atoms with van der Waals surface area (Å²) in [7, 11) is 0. The monoisotopic (exact) mass is 544 g/mol. The van der Waals surface area contributed by atoms with E-state index in [9.17, 15) is 62.9 Å². The number of rotatable bonds is 4. The number of hydrogen-bond donors (Lipinski definition) is 4. The lowest BCUT2D eigenvalue weighted by Gasteiger charge is -2.39. The number of nitrogen functional groups attached to an aromatic ring is 1. The molecule has 0 radical (unpaired) electrons. The van der Waals surface area contributed by atoms with E-state index in [4.69, 9.17) is 5.73 Å². The van der Waals surface area contributed by atoms with Crippen molar-refractivity contribution < 1.29 is 62.9 Å². The molecule has 0 bridgehead atoms. The van der Waals surface area contributed by atoms with Crippen molar-refractivity contribution in [3.63, 3.8) is 0 Å². The van der Waals surface area contributed by atoms with Gasteiger partial charge in [-0.15, -0.1) is 0 Å². The van der Waals surface area contributed by atoms with E-state index in [1.165, 1.54) is 19.1 Å². The number of aliphatic hydroxyl groups is 2. The molecule has 4 nitrogen and oxygen atoms in total. The van der Waals surface area contributed by atoms with Crippen LogP contribution in [0.5, 0.6) is 0 Å². The second-order valence-corrected chi connectivity index (χ2v) is 7.77. The number of aryl methyl sites for hydroxylation is 1. The van der Waals surface area contributed by atoms with Gasteiger partial charge in [-0.05, 0) is 54.3 Å². The molecule has 2 aromatic rings. The third kappa shape index (κ3) is 4.63. The molecule has 2 aromatic carbocycles. The molecule has 202 valence electrons. The molecule has 0 saturated heterocycles. The Labute approximate surface area is 194 Å². The number of nitrogens with one attached hydrogen (secondary N) is 1. The van der Waals surface area contributed by atoms with Gasteiger partial charge in [0.25, 0.3) is 5.60 Å². The number of alkyl halides is 12. The van der Waals surface area contributed by atoms with E-state index in [0.29, 0.717) is 18.3 Å². The zero-order chi connectivity index (χ0) is 28.3. The van der Waals surface area contributed by atoms with E-state index < -0.39 is 58.4 Å². The molecule has 36 heavy (non-hydrogen) atoms. The van der Waals surface area contributed by atoms with Crippen molar-refractivity contribution in [3.05, 3.63) is 47.0 Å². The smallest absolute Gasteiger partial charge is 0.399 e. The average Bonchev–Trinajstić information content (AvgIpc) is 2.65. The van der Waals surface area contributed by atoms with Crippen LogP contribution in [0, 0.1) is 13.8 Å². The van der Waals surface area contributed by atoms with Crippen LogP contribution in [0.15, 0.2) is 30.3 Å². The molecule has 5 N–H and O–H groups in total. The quantitative estimate of drug-likeness (QED) is 0.214. The van der Waals surface area contributed by atoms with Gasteiger partial charge in [-0.25, -0.2) is 0 Å². The summed E-state index contributed by atoms with van der Waals surface area (Å²) in [6.45, 7) is 1.84. The molecule has 0 aliphatic heterocycles. The highest BCUT2D eigenvalue weighted by Crippen LogP contribution is 2.55. The second kappa shape index (κ2) is 8.61. The number of anilines is 2. The van der Waals surface area contributed by atoms with Crippen LogP contribution in [-0.2, 0) is 5.60 Å². The minimum Gasteiger partial charge on any atom is -0.399 e. The van der Waals surface area contributed by atoms with Crippen molar-refractivity contribution in [1.29, 1.82) is 0 Å². The third-order valence-electron chi connectivity index (χ3n) is 5.32. The molecule has 2 rings (SSSR count). The zero-order valence-electron chi connectivity index (χ0n) is 17.9. The van der Waals surface area contributed by atoms with E-state index in [-0.39, 0.29) is 22.9 Å². The Bertz CT molecular complexity index is 1110. The summed E-state index contributed by atoms with van der Waals surface area (Å²) in [5.74, 6) is 0. The molecule has 0 heterocycles. The summed E-state index contributed by atoms with van der Waals surface area (Å²) in [6, 6.07) is 4.20. The predicted octanol–water partition coefficient (Wildman–Crippen LogP) is 6.09. The van der Waals surface area contributed by atoms with Gasteiger partial charge in [-0.3, -0.25) is 0 Å². The fourth-order valence-electron chi connectivity index (χ4n) is 3.50. The summed E-state index contributed by atoms with van der Waals surface area (Å²) in [4.78, 5) is 0. The minimum absolute atomic E-state index is 0.0262. The largest absolute Gasteiger partial charge is 0.446 e. The van der Waals surface area contributed by atoms with Gasteiger partial charge in [0.05, 0.1) is 0 Å². The average molecular weight is 544 g/mol. The number of benzene rings is 2. The highest BCUT2D eigenvalue weighted by atomic mass is 19.4. The highest BCUT2D eigenvalue weighted by molar-refractivity contribution is 5.77. The van der Waals surface area contributed by atoms with E-state index in [1.54, 1.807) is 0 Å². The first-order chi connectivity index (χ1) is 15.9. The van der Waals surface area contributed by atoms with Crippen molar-refractivity contribution in [2.75, 3.05) is 11.1 Å². The Morgan fingerprint density at radius 3 is 1.50 bits per heavy atom. The molecule has 0 saturated carbocycles. The lowest BCUT2D eigenvalue weighted by molar-refractivity contribution is -0.376. The summed E-state index contributed by atoms with van der Waals surface area (Å²) in [5.41, 5.74) is -12.5. The zero-order valence-corrected chi connectivity index (χ0v) is 17.9. The molecule has 0 aliphatic rings. The van der Waals surface area contributed by atoms with Crippen LogP contribution in [-0.4, -0.2) is 40.6 Å². The fourth-order valence-corrected chi connectivity index (χ4v) is 3.50. The standard InChI is InChI=1S/C20H16F12N2O2/c1-8-7-10(33)3-4-11(8)12-5-6-13(34-16(36,19(27,28)29)20(30,31)32)14(9(12)2)15(35,17(21,22)23)18(24,25)26/h3-7,34-36H,33H2,1-2H3. The summed E-state index contributed by atoms with van der Waals surface area (Å²) < 4.78 is 161. The van der Waals surface area contributed by atoms with Gasteiger partial charge in [0.15, 0.2) is 0 Å². The summed E-state index contributed by atoms with van der Waals surface area (Å²) >= 11 is 0. The summed E-state index contributed by atoms with van der Waals surface area (Å²) in [6.07, 6.45) is -26.7. The fraction of sp³-hybridized carbons (Fsp3) is 0.400. The second-order valence-electron chi connectivity index (χ2n) is 7.77. The lowest BCUT2D eigenvalue weighted by atomic mass is 9.82. The number of hydrogen-bond acceptors (Lipinski definition) is 4. The SMILES string of the molecule is Cc1cc(N)ccc1-c1ccc(NC(O)(C(F)(F)F)C(F)(F)F)c(C(O)(C(F)(F)F)C(F)(F)F)c1C. The van der Waals surface area contributed by atoms with Crippen LogP contribution in [0.3, 0.4) is 0 Å². The van der Waals surface area contributed by atoms with Gasteiger partial charge < -0.3 is 21.3 Å². The maximum atomic E-state index is 13.7. The van der Waals surface area contributed by atoms with Crippen molar-refractivity contribution in [1.82, 2.24) is 0 Å². The minimum atomic E-state index is -6.68. The molecular weight excluding hydrogens is 528 g/mol. The molecule has 0 spiro atoms. The molecule has 0 aliphatic carbocycles. The first-order valence-corrected chi connectivity index (χ1v) is 9.40. The van der Waals surface area contributed by atoms with E-state index in [2.05, 4.69) is 0 Å².